The molecule has 0 amide bonds. The Labute approximate surface area is 104 Å². The second-order valence-electron chi connectivity index (χ2n) is 5.25. The van der Waals surface area contributed by atoms with E-state index in [9.17, 15) is 0 Å². The van der Waals surface area contributed by atoms with Gasteiger partial charge in [0.1, 0.15) is 0 Å². The Kier molecular flexibility index (Phi) is 11.4. The molecule has 0 rings (SSSR count). The van der Waals surface area contributed by atoms with Crippen LogP contribution in [0, 0.1) is 11.8 Å². The van der Waals surface area contributed by atoms with E-state index < -0.39 is 0 Å². The largest absolute Gasteiger partial charge is 0.200 e. The van der Waals surface area contributed by atoms with Crippen LogP contribution in [0.25, 0.3) is 0 Å². The third kappa shape index (κ3) is 10.8. The highest BCUT2D eigenvalue weighted by Gasteiger charge is 2.06. The first-order valence-corrected chi connectivity index (χ1v) is 8.65. The average Bonchev–Trinajstić information content (AvgIpc) is 2.23. The molecule has 0 aromatic heterocycles. The van der Waals surface area contributed by atoms with Crippen molar-refractivity contribution in [3.63, 3.8) is 0 Å². The smallest absolute Gasteiger partial charge is 0.101 e. The van der Waals surface area contributed by atoms with Gasteiger partial charge in [-0.15, -0.1) is 10.6 Å². The van der Waals surface area contributed by atoms with Crippen molar-refractivity contribution in [3.8, 4) is 0 Å². The minimum Gasteiger partial charge on any atom is -0.101 e. The van der Waals surface area contributed by atoms with Gasteiger partial charge in [-0.3, -0.25) is 0 Å². The molecule has 2 unspecified atom stereocenters. The summed E-state index contributed by atoms with van der Waals surface area (Å²) in [6.45, 7) is 9.48. The van der Waals surface area contributed by atoms with E-state index in [1.165, 1.54) is 49.1 Å². The zero-order chi connectivity index (χ0) is 11.5. The molecule has 0 aliphatic heterocycles. The van der Waals surface area contributed by atoms with Gasteiger partial charge in [-0.25, -0.2) is 0 Å². The Morgan fingerprint density at radius 1 is 0.800 bits per heavy atom. The third-order valence-electron chi connectivity index (χ3n) is 3.24. The van der Waals surface area contributed by atoms with Crippen LogP contribution in [-0.4, -0.2) is 15.2 Å². The fraction of sp³-hybridized carbons (Fsp3) is 1.00. The van der Waals surface area contributed by atoms with Crippen molar-refractivity contribution in [3.05, 3.63) is 0 Å². The number of hydrogen-bond donors (Lipinski definition) is 0. The highest BCUT2D eigenvalue weighted by Crippen LogP contribution is 2.16. The van der Waals surface area contributed by atoms with Gasteiger partial charge in [0.25, 0.3) is 0 Å². The summed E-state index contributed by atoms with van der Waals surface area (Å²) in [6.07, 6.45) is 8.54. The molecule has 0 aromatic rings. The Morgan fingerprint density at radius 3 is 1.53 bits per heavy atom. The first kappa shape index (κ1) is 15.5. The number of unbranched alkanes of at least 4 members (excludes halogenated alkanes) is 2. The first-order valence-electron chi connectivity index (χ1n) is 7.02. The van der Waals surface area contributed by atoms with Crippen LogP contribution in [0.5, 0.6) is 0 Å². The zero-order valence-corrected chi connectivity index (χ0v) is 12.5. The van der Waals surface area contributed by atoms with Crippen molar-refractivity contribution >= 4 is 15.2 Å². The summed E-state index contributed by atoms with van der Waals surface area (Å²) >= 11 is 0.738. The fourth-order valence-corrected chi connectivity index (χ4v) is 3.81. The van der Waals surface area contributed by atoms with E-state index in [0.717, 1.165) is 27.1 Å². The maximum Gasteiger partial charge on any atom is 0.200 e. The number of hydrogen-bond acceptors (Lipinski definition) is 0. The second-order valence-corrected chi connectivity index (χ2v) is 6.78. The van der Waals surface area contributed by atoms with E-state index in [1.54, 1.807) is 0 Å². The van der Waals surface area contributed by atoms with Gasteiger partial charge in [0.05, 0.1) is 0 Å². The summed E-state index contributed by atoms with van der Waals surface area (Å²) in [5.74, 6) is 2.00. The van der Waals surface area contributed by atoms with Crippen molar-refractivity contribution < 1.29 is 0 Å². The van der Waals surface area contributed by atoms with E-state index in [1.807, 2.05) is 0 Å². The standard InChI is InChI=1S/2C7H15.Al/c2*1-4-5-6-7(2)3;/h2*7H,2,4-6H2,1,3H3;. The average molecular weight is 225 g/mol. The maximum atomic E-state index is 2.44. The van der Waals surface area contributed by atoms with E-state index in [-0.39, 0.29) is 0 Å². The lowest BCUT2D eigenvalue weighted by Gasteiger charge is -2.12. The molecule has 0 heterocycles. The van der Waals surface area contributed by atoms with Crippen molar-refractivity contribution in [2.45, 2.75) is 76.8 Å². The molecule has 0 aromatic carbocycles. The summed E-state index contributed by atoms with van der Waals surface area (Å²) in [4.78, 5) is 0. The summed E-state index contributed by atoms with van der Waals surface area (Å²) in [5.41, 5.74) is 0. The molecule has 1 radical (unpaired) electrons. The van der Waals surface area contributed by atoms with E-state index in [0.29, 0.717) is 0 Å². The minimum absolute atomic E-state index is 0.738. The van der Waals surface area contributed by atoms with Crippen molar-refractivity contribution in [2.24, 2.45) is 11.8 Å². The predicted octanol–water partition coefficient (Wildman–Crippen LogP) is 5.18. The summed E-state index contributed by atoms with van der Waals surface area (Å²) in [5, 5.41) is 3.08. The van der Waals surface area contributed by atoms with E-state index in [4.69, 9.17) is 0 Å². The number of rotatable bonds is 10. The molecule has 0 aliphatic carbocycles. The van der Waals surface area contributed by atoms with Gasteiger partial charge >= 0.3 is 0 Å². The fourth-order valence-electron chi connectivity index (χ4n) is 2.01. The molecule has 0 aliphatic rings. The summed E-state index contributed by atoms with van der Waals surface area (Å²) in [7, 11) is 0. The molecule has 0 bridgehead atoms. The highest BCUT2D eigenvalue weighted by molar-refractivity contribution is 6.35. The SMILES string of the molecule is CCCCC(C)[CH2][Al][CH2]C(C)CCCC. The molecule has 0 N–H and O–H groups in total. The Bertz CT molecular complexity index is 109. The van der Waals surface area contributed by atoms with Crippen LogP contribution in [0.2, 0.25) is 10.6 Å². The molecule has 0 saturated carbocycles. The third-order valence-corrected chi connectivity index (χ3v) is 5.52. The van der Waals surface area contributed by atoms with Crippen molar-refractivity contribution in [1.29, 1.82) is 0 Å². The minimum atomic E-state index is 0.738. The molecule has 15 heavy (non-hydrogen) atoms. The van der Waals surface area contributed by atoms with Crippen LogP contribution >= 0.6 is 0 Å². The van der Waals surface area contributed by atoms with E-state index in [2.05, 4.69) is 27.7 Å². The second kappa shape index (κ2) is 11.0. The van der Waals surface area contributed by atoms with Crippen molar-refractivity contribution in [1.82, 2.24) is 0 Å². The van der Waals surface area contributed by atoms with Gasteiger partial charge in [0.2, 0.25) is 15.2 Å². The molecule has 2 atom stereocenters. The lowest BCUT2D eigenvalue weighted by Crippen LogP contribution is -2.04. The maximum absolute atomic E-state index is 2.44. The molecule has 0 saturated heterocycles. The lowest BCUT2D eigenvalue weighted by atomic mass is 10.1. The highest BCUT2D eigenvalue weighted by atomic mass is 27.1. The van der Waals surface area contributed by atoms with Crippen LogP contribution in [-0.2, 0) is 0 Å². The first-order chi connectivity index (χ1) is 7.20. The van der Waals surface area contributed by atoms with Gasteiger partial charge in [0.15, 0.2) is 0 Å². The predicted molar refractivity (Wildman–Crippen MR) is 72.7 cm³/mol. The summed E-state index contributed by atoms with van der Waals surface area (Å²) in [6, 6.07) is 0. The molecular weight excluding hydrogens is 195 g/mol. The van der Waals surface area contributed by atoms with Crippen molar-refractivity contribution in [2.75, 3.05) is 0 Å². The normalized spacial score (nSPS) is 14.9. The van der Waals surface area contributed by atoms with Gasteiger partial charge in [-0.2, -0.15) is 0 Å². The van der Waals surface area contributed by atoms with Crippen LogP contribution in [0.15, 0.2) is 0 Å². The molecule has 89 valence electrons. The van der Waals surface area contributed by atoms with Crippen LogP contribution in [0.1, 0.15) is 66.2 Å². The quantitative estimate of drug-likeness (QED) is 0.449. The van der Waals surface area contributed by atoms with Crippen LogP contribution in [0.4, 0.5) is 0 Å². The molecular formula is C14H30Al. The lowest BCUT2D eigenvalue weighted by molar-refractivity contribution is 0.531. The van der Waals surface area contributed by atoms with Gasteiger partial charge in [0, 0.05) is 0 Å². The molecule has 1 heteroatoms. The molecule has 0 spiro atoms. The van der Waals surface area contributed by atoms with Gasteiger partial charge in [-0.1, -0.05) is 78.1 Å². The molecule has 0 nitrogen and oxygen atoms in total. The zero-order valence-electron chi connectivity index (χ0n) is 11.4. The Morgan fingerprint density at radius 2 is 1.20 bits per heavy atom. The molecule has 0 fully saturated rings. The van der Waals surface area contributed by atoms with E-state index >= 15 is 0 Å². The van der Waals surface area contributed by atoms with Crippen LogP contribution < -0.4 is 0 Å². The Balaban J connectivity index is 3.27. The summed E-state index contributed by atoms with van der Waals surface area (Å²) < 4.78 is 0. The Hall–Kier alpha value is 0.532. The topological polar surface area (TPSA) is 0 Å². The van der Waals surface area contributed by atoms with Gasteiger partial charge in [-0.05, 0) is 0 Å². The monoisotopic (exact) mass is 225 g/mol. The van der Waals surface area contributed by atoms with Crippen LogP contribution in [0.3, 0.4) is 0 Å². The van der Waals surface area contributed by atoms with Gasteiger partial charge < -0.3 is 0 Å².